The number of benzene rings is 1. The summed E-state index contributed by atoms with van der Waals surface area (Å²) >= 11 is 0. The summed E-state index contributed by atoms with van der Waals surface area (Å²) in [5, 5.41) is 13.5. The zero-order chi connectivity index (χ0) is 27.6. The van der Waals surface area contributed by atoms with E-state index in [1.54, 1.807) is 18.2 Å². The number of carboxylic acid groups (broad SMARTS) is 1. The van der Waals surface area contributed by atoms with Gasteiger partial charge in [-0.15, -0.1) is 0 Å². The van der Waals surface area contributed by atoms with Crippen LogP contribution in [0.5, 0.6) is 0 Å². The number of aromatic nitrogens is 1. The number of allylic oxidation sites excluding steroid dienone is 2. The summed E-state index contributed by atoms with van der Waals surface area (Å²) in [6.07, 6.45) is 4.39. The first kappa shape index (κ1) is 26.6. The highest BCUT2D eigenvalue weighted by molar-refractivity contribution is 5.91. The predicted molar refractivity (Wildman–Crippen MR) is 135 cm³/mol. The maximum Gasteiger partial charge on any atom is 0.413 e. The lowest BCUT2D eigenvalue weighted by Crippen LogP contribution is -2.63. The van der Waals surface area contributed by atoms with Crippen LogP contribution in [0.1, 0.15) is 24.1 Å². The summed E-state index contributed by atoms with van der Waals surface area (Å²) in [5.41, 5.74) is 1.43. The van der Waals surface area contributed by atoms with Gasteiger partial charge in [0.15, 0.2) is 24.9 Å². The molecule has 1 fully saturated rings. The molecule has 206 valence electrons. The molecule has 1 unspecified atom stereocenters. The number of nitrogens with one attached hydrogen (secondary N) is 2. The van der Waals surface area contributed by atoms with Crippen molar-refractivity contribution < 1.29 is 43.2 Å². The molecule has 2 aromatic rings. The number of aromatic amines is 1. The molecule has 12 heteroatoms. The molecule has 1 amide bonds. The molecule has 5 rings (SSSR count). The van der Waals surface area contributed by atoms with Gasteiger partial charge < -0.3 is 34.4 Å². The van der Waals surface area contributed by atoms with E-state index in [-0.39, 0.29) is 19.0 Å². The number of hydrogen-bond acceptors (Lipinski definition) is 9. The van der Waals surface area contributed by atoms with E-state index < -0.39 is 55.0 Å². The number of H-pyrrole nitrogens is 1. The number of methoxy groups -OCH3 is 1. The first-order chi connectivity index (χ1) is 18.8. The molecule has 12 nitrogen and oxygen atoms in total. The average Bonchev–Trinajstić information content (AvgIpc) is 3.54. The van der Waals surface area contributed by atoms with Crippen LogP contribution in [0, 0.1) is 0 Å². The summed E-state index contributed by atoms with van der Waals surface area (Å²) in [6, 6.07) is 5.87. The van der Waals surface area contributed by atoms with Crippen LogP contribution in [-0.2, 0) is 46.3 Å². The highest BCUT2D eigenvalue weighted by Crippen LogP contribution is 2.37. The molecular weight excluding hydrogens is 510 g/mol. The number of hydrogen-bond donors (Lipinski definition) is 3. The second-order valence-electron chi connectivity index (χ2n) is 9.47. The maximum atomic E-state index is 13.6. The van der Waals surface area contributed by atoms with Gasteiger partial charge in [-0.25, -0.2) is 9.59 Å². The number of aliphatic carboxylic acids is 1. The molecule has 2 aliphatic heterocycles. The number of para-hydroxylation sites is 1. The fraction of sp³-hybridized carbons (Fsp3) is 0.407. The third-order valence-corrected chi connectivity index (χ3v) is 7.23. The molecule has 3 aliphatic rings. The topological polar surface area (TPSA) is 156 Å². The van der Waals surface area contributed by atoms with Crippen molar-refractivity contribution in [3.8, 4) is 0 Å². The Morgan fingerprint density at radius 3 is 2.85 bits per heavy atom. The number of ether oxygens (including phenoxy) is 4. The average molecular weight is 540 g/mol. The molecule has 39 heavy (non-hydrogen) atoms. The zero-order valence-corrected chi connectivity index (χ0v) is 21.3. The van der Waals surface area contributed by atoms with Gasteiger partial charge in [0.05, 0.1) is 13.2 Å². The molecule has 3 N–H and O–H groups in total. The summed E-state index contributed by atoms with van der Waals surface area (Å²) in [4.78, 5) is 55.2. The quantitative estimate of drug-likeness (QED) is 0.402. The number of amides is 1. The lowest BCUT2D eigenvalue weighted by Gasteiger charge is -2.43. The van der Waals surface area contributed by atoms with Gasteiger partial charge in [-0.3, -0.25) is 14.5 Å². The SMILES string of the molecule is COC(=O)[C@H](CCC(=O)O)N(C(=O)OCC(=O)[C@@H]1Cc2c([nH]c3ccccc23)CN1)[C@]12C=CC=CC1OCO2. The fourth-order valence-electron chi connectivity index (χ4n) is 5.32. The predicted octanol–water partition coefficient (Wildman–Crippen LogP) is 1.79. The molecule has 1 aromatic heterocycles. The number of fused-ring (bicyclic) bond motifs is 4. The summed E-state index contributed by atoms with van der Waals surface area (Å²) in [5.74, 6) is -2.37. The van der Waals surface area contributed by atoms with Crippen molar-refractivity contribution in [3.63, 3.8) is 0 Å². The zero-order valence-electron chi connectivity index (χ0n) is 21.3. The first-order valence-corrected chi connectivity index (χ1v) is 12.6. The van der Waals surface area contributed by atoms with Crippen LogP contribution in [-0.4, -0.2) is 83.2 Å². The number of nitrogens with zero attached hydrogens (tertiary/aromatic N) is 1. The molecule has 1 aromatic carbocycles. The van der Waals surface area contributed by atoms with E-state index >= 15 is 0 Å². The molecule has 0 bridgehead atoms. The van der Waals surface area contributed by atoms with Gasteiger partial charge in [0.1, 0.15) is 12.1 Å². The van der Waals surface area contributed by atoms with E-state index in [1.807, 2.05) is 24.3 Å². The van der Waals surface area contributed by atoms with Crippen LogP contribution in [0.2, 0.25) is 0 Å². The Balaban J connectivity index is 1.35. The van der Waals surface area contributed by atoms with E-state index in [4.69, 9.17) is 18.9 Å². The molecule has 4 atom stereocenters. The van der Waals surface area contributed by atoms with Gasteiger partial charge in [0, 0.05) is 29.6 Å². The number of esters is 1. The monoisotopic (exact) mass is 539 g/mol. The molecule has 0 radical (unpaired) electrons. The number of carbonyl (C=O) groups is 4. The number of carbonyl (C=O) groups excluding carboxylic acids is 3. The molecule has 1 saturated heterocycles. The normalized spacial score (nSPS) is 24.0. The van der Waals surface area contributed by atoms with Crippen LogP contribution in [0.25, 0.3) is 10.9 Å². The number of Topliss-reactive ketones (excluding diaryl/α,β-unsaturated/α-hetero) is 1. The Morgan fingerprint density at radius 2 is 2.05 bits per heavy atom. The van der Waals surface area contributed by atoms with Crippen molar-refractivity contribution in [2.75, 3.05) is 20.5 Å². The van der Waals surface area contributed by atoms with E-state index in [1.165, 1.54) is 6.08 Å². The highest BCUT2D eigenvalue weighted by atomic mass is 16.7. The van der Waals surface area contributed by atoms with Crippen LogP contribution < -0.4 is 5.32 Å². The summed E-state index contributed by atoms with van der Waals surface area (Å²) < 4.78 is 21.8. The Bertz CT molecular complexity index is 1350. The van der Waals surface area contributed by atoms with Crippen LogP contribution in [0.3, 0.4) is 0 Å². The smallest absolute Gasteiger partial charge is 0.413 e. The molecule has 1 aliphatic carbocycles. The standard InChI is InChI=1S/C27H29N3O9/c1-36-25(34)21(9-10-24(32)33)30(27-11-5-4-8-23(27)38-15-39-27)26(35)37-14-22(31)19-12-17-16-6-2-3-7-18(16)29-20(17)13-28-19/h2-8,11,19,21,23,28-29H,9-10,12-15H2,1H3,(H,32,33)/t19-,21-,23?,27-/m0/s1. The lowest BCUT2D eigenvalue weighted by atomic mass is 9.96. The van der Waals surface area contributed by atoms with Crippen LogP contribution in [0.4, 0.5) is 4.79 Å². The van der Waals surface area contributed by atoms with Crippen LogP contribution in [0.15, 0.2) is 48.6 Å². The minimum Gasteiger partial charge on any atom is -0.481 e. The Morgan fingerprint density at radius 1 is 1.23 bits per heavy atom. The van der Waals surface area contributed by atoms with Gasteiger partial charge >= 0.3 is 18.0 Å². The lowest BCUT2D eigenvalue weighted by molar-refractivity contribution is -0.158. The second kappa shape index (κ2) is 11.0. The minimum atomic E-state index is -1.59. The van der Waals surface area contributed by atoms with E-state index in [9.17, 15) is 24.3 Å². The summed E-state index contributed by atoms with van der Waals surface area (Å²) in [7, 11) is 1.13. The Hall–Kier alpha value is -4.00. The molecule has 0 saturated carbocycles. The van der Waals surface area contributed by atoms with Gasteiger partial charge in [0.2, 0.25) is 0 Å². The largest absolute Gasteiger partial charge is 0.481 e. The summed E-state index contributed by atoms with van der Waals surface area (Å²) in [6.45, 7) is -0.306. The highest BCUT2D eigenvalue weighted by Gasteiger charge is 2.55. The Kier molecular flexibility index (Phi) is 7.51. The van der Waals surface area contributed by atoms with E-state index in [0.29, 0.717) is 13.0 Å². The fourth-order valence-corrected chi connectivity index (χ4v) is 5.32. The van der Waals surface area contributed by atoms with E-state index in [2.05, 4.69) is 10.3 Å². The third-order valence-electron chi connectivity index (χ3n) is 7.23. The van der Waals surface area contributed by atoms with Crippen molar-refractivity contribution in [2.24, 2.45) is 0 Å². The van der Waals surface area contributed by atoms with Gasteiger partial charge in [-0.2, -0.15) is 0 Å². The van der Waals surface area contributed by atoms with E-state index in [0.717, 1.165) is 34.2 Å². The number of carboxylic acids is 1. The molecule has 3 heterocycles. The van der Waals surface area contributed by atoms with Crippen molar-refractivity contribution >= 4 is 34.7 Å². The maximum absolute atomic E-state index is 13.6. The van der Waals surface area contributed by atoms with Crippen molar-refractivity contribution in [2.45, 2.75) is 49.7 Å². The second-order valence-corrected chi connectivity index (χ2v) is 9.47. The molecule has 0 spiro atoms. The van der Waals surface area contributed by atoms with Crippen molar-refractivity contribution in [1.29, 1.82) is 0 Å². The molecular formula is C27H29N3O9. The van der Waals surface area contributed by atoms with Crippen LogP contribution >= 0.6 is 0 Å². The van der Waals surface area contributed by atoms with Crippen molar-refractivity contribution in [1.82, 2.24) is 15.2 Å². The van der Waals surface area contributed by atoms with Gasteiger partial charge in [0.25, 0.3) is 0 Å². The van der Waals surface area contributed by atoms with Gasteiger partial charge in [-0.1, -0.05) is 36.4 Å². The van der Waals surface area contributed by atoms with Crippen molar-refractivity contribution in [3.05, 3.63) is 59.8 Å². The number of ketones is 1. The van der Waals surface area contributed by atoms with Gasteiger partial charge in [-0.05, 0) is 30.5 Å². The Labute approximate surface area is 223 Å². The third kappa shape index (κ3) is 5.05. The number of rotatable bonds is 9. The minimum absolute atomic E-state index is 0.187. The first-order valence-electron chi connectivity index (χ1n) is 12.6.